The van der Waals surface area contributed by atoms with Crippen molar-refractivity contribution in [2.45, 2.75) is 32.1 Å². The average molecular weight is 371 g/mol. The average Bonchev–Trinajstić information content (AvgIpc) is 2.60. The van der Waals surface area contributed by atoms with Crippen molar-refractivity contribution in [3.05, 3.63) is 48.5 Å². The molecule has 0 fully saturated rings. The molecule has 0 radical (unpaired) electrons. The summed E-state index contributed by atoms with van der Waals surface area (Å²) >= 11 is 0. The summed E-state index contributed by atoms with van der Waals surface area (Å²) in [4.78, 5) is 12.2. The SMILES string of the molecule is CCC(C)(C)C(=O)Oc1cc2c(S(=O)(=O)[O-])cccc2c2ccccc12. The second kappa shape index (κ2) is 6.37. The highest BCUT2D eigenvalue weighted by Crippen LogP contribution is 2.37. The summed E-state index contributed by atoms with van der Waals surface area (Å²) in [5.41, 5.74) is -0.680. The van der Waals surface area contributed by atoms with Gasteiger partial charge in [-0.3, -0.25) is 4.79 Å². The van der Waals surface area contributed by atoms with Crippen LogP contribution >= 0.6 is 0 Å². The molecule has 0 heterocycles. The molecule has 3 aromatic rings. The van der Waals surface area contributed by atoms with Crippen molar-refractivity contribution in [3.8, 4) is 5.75 Å². The van der Waals surface area contributed by atoms with Crippen LogP contribution in [0.25, 0.3) is 21.5 Å². The van der Waals surface area contributed by atoms with E-state index in [4.69, 9.17) is 4.74 Å². The molecule has 0 unspecified atom stereocenters. The van der Waals surface area contributed by atoms with Gasteiger partial charge in [0.15, 0.2) is 0 Å². The van der Waals surface area contributed by atoms with E-state index in [1.807, 2.05) is 19.1 Å². The number of carbonyl (C=O) groups is 1. The minimum absolute atomic E-state index is 0.246. The smallest absolute Gasteiger partial charge is 0.316 e. The highest BCUT2D eigenvalue weighted by molar-refractivity contribution is 7.86. The van der Waals surface area contributed by atoms with E-state index in [1.165, 1.54) is 18.2 Å². The lowest BCUT2D eigenvalue weighted by Crippen LogP contribution is -2.28. The minimum atomic E-state index is -4.67. The third-order valence-electron chi connectivity index (χ3n) is 4.73. The first-order valence-electron chi connectivity index (χ1n) is 8.28. The maximum atomic E-state index is 12.5. The van der Waals surface area contributed by atoms with Gasteiger partial charge in [-0.25, -0.2) is 8.42 Å². The van der Waals surface area contributed by atoms with Crippen molar-refractivity contribution in [3.63, 3.8) is 0 Å². The molecule has 0 N–H and O–H groups in total. The fraction of sp³-hybridized carbons (Fsp3) is 0.250. The molecule has 0 aromatic heterocycles. The Balaban J connectivity index is 2.33. The standard InChI is InChI=1S/C20H20O5S/c1-4-20(2,3)19(21)25-17-12-16-14(13-8-5-6-9-15(13)17)10-7-11-18(16)26(22,23)24/h5-12H,4H2,1-3H3,(H,22,23,24)/p-1. The Morgan fingerprint density at radius 1 is 1.00 bits per heavy atom. The van der Waals surface area contributed by atoms with Gasteiger partial charge in [-0.15, -0.1) is 0 Å². The van der Waals surface area contributed by atoms with E-state index in [9.17, 15) is 17.8 Å². The van der Waals surface area contributed by atoms with Crippen LogP contribution in [0.5, 0.6) is 5.75 Å². The van der Waals surface area contributed by atoms with E-state index < -0.39 is 21.5 Å². The third-order valence-corrected chi connectivity index (χ3v) is 5.63. The first kappa shape index (κ1) is 18.4. The normalized spacial score (nSPS) is 12.5. The summed E-state index contributed by atoms with van der Waals surface area (Å²) in [5.74, 6) is -0.164. The lowest BCUT2D eigenvalue weighted by molar-refractivity contribution is -0.144. The Hall–Kier alpha value is -2.44. The van der Waals surface area contributed by atoms with Crippen LogP contribution in [-0.2, 0) is 14.9 Å². The molecule has 0 bridgehead atoms. The summed E-state index contributed by atoms with van der Waals surface area (Å²) in [6, 6.07) is 13.2. The van der Waals surface area contributed by atoms with Gasteiger partial charge in [-0.2, -0.15) is 0 Å². The number of hydrogen-bond acceptors (Lipinski definition) is 5. The number of esters is 1. The van der Waals surface area contributed by atoms with Crippen molar-refractivity contribution < 1.29 is 22.5 Å². The van der Waals surface area contributed by atoms with Crippen LogP contribution in [0.3, 0.4) is 0 Å². The van der Waals surface area contributed by atoms with Crippen LogP contribution in [-0.4, -0.2) is 18.9 Å². The van der Waals surface area contributed by atoms with Gasteiger partial charge in [0.25, 0.3) is 0 Å². The van der Waals surface area contributed by atoms with Crippen molar-refractivity contribution in [1.82, 2.24) is 0 Å². The Morgan fingerprint density at radius 2 is 1.58 bits per heavy atom. The zero-order valence-electron chi connectivity index (χ0n) is 14.8. The molecule has 0 atom stereocenters. The quantitative estimate of drug-likeness (QED) is 0.296. The monoisotopic (exact) mass is 371 g/mol. The van der Waals surface area contributed by atoms with E-state index in [0.29, 0.717) is 22.6 Å². The van der Waals surface area contributed by atoms with Gasteiger partial charge in [-0.05, 0) is 43.2 Å². The number of fused-ring (bicyclic) bond motifs is 3. The summed E-state index contributed by atoms with van der Waals surface area (Å²) in [6.45, 7) is 5.46. The molecular weight excluding hydrogens is 352 g/mol. The summed E-state index contributed by atoms with van der Waals surface area (Å²) in [6.07, 6.45) is 0.595. The highest BCUT2D eigenvalue weighted by Gasteiger charge is 2.28. The van der Waals surface area contributed by atoms with Crippen LogP contribution in [0, 0.1) is 5.41 Å². The zero-order chi connectivity index (χ0) is 19.1. The molecule has 0 aliphatic carbocycles. The number of rotatable bonds is 4. The molecule has 3 aromatic carbocycles. The molecule has 3 rings (SSSR count). The van der Waals surface area contributed by atoms with E-state index >= 15 is 0 Å². The van der Waals surface area contributed by atoms with E-state index in [1.54, 1.807) is 32.0 Å². The van der Waals surface area contributed by atoms with Gasteiger partial charge in [0.1, 0.15) is 15.9 Å². The molecule has 6 heteroatoms. The van der Waals surface area contributed by atoms with Crippen molar-refractivity contribution in [2.75, 3.05) is 0 Å². The van der Waals surface area contributed by atoms with E-state index in [-0.39, 0.29) is 16.0 Å². The number of benzene rings is 3. The lowest BCUT2D eigenvalue weighted by Gasteiger charge is -2.21. The maximum Gasteiger partial charge on any atom is 0.316 e. The summed E-state index contributed by atoms with van der Waals surface area (Å²) in [5, 5.41) is 2.26. The first-order valence-corrected chi connectivity index (χ1v) is 9.68. The third kappa shape index (κ3) is 3.18. The van der Waals surface area contributed by atoms with Crippen LogP contribution < -0.4 is 4.74 Å². The predicted molar refractivity (Wildman–Crippen MR) is 99.1 cm³/mol. The number of ether oxygens (including phenoxy) is 1. The molecule has 0 aliphatic heterocycles. The lowest BCUT2D eigenvalue weighted by atomic mass is 9.90. The molecule has 0 spiro atoms. The van der Waals surface area contributed by atoms with E-state index in [2.05, 4.69) is 0 Å². The minimum Gasteiger partial charge on any atom is -0.744 e. The summed E-state index contributed by atoms with van der Waals surface area (Å²) in [7, 11) is -4.67. The second-order valence-corrected chi connectivity index (χ2v) is 8.20. The summed E-state index contributed by atoms with van der Waals surface area (Å²) < 4.78 is 40.6. The Labute approximate surface area is 152 Å². The Bertz CT molecular complexity index is 1110. The van der Waals surface area contributed by atoms with Crippen molar-refractivity contribution in [1.29, 1.82) is 0 Å². The van der Waals surface area contributed by atoms with E-state index in [0.717, 1.165) is 0 Å². The van der Waals surface area contributed by atoms with Gasteiger partial charge < -0.3 is 9.29 Å². The van der Waals surface area contributed by atoms with Gasteiger partial charge in [0.05, 0.1) is 10.3 Å². The number of hydrogen-bond donors (Lipinski definition) is 0. The van der Waals surface area contributed by atoms with Crippen LogP contribution in [0.4, 0.5) is 0 Å². The molecule has 5 nitrogen and oxygen atoms in total. The zero-order valence-corrected chi connectivity index (χ0v) is 15.6. The van der Waals surface area contributed by atoms with Crippen LogP contribution in [0.2, 0.25) is 0 Å². The van der Waals surface area contributed by atoms with Gasteiger partial charge in [0, 0.05) is 10.8 Å². The molecular formula is C20H19O5S-. The van der Waals surface area contributed by atoms with Crippen molar-refractivity contribution >= 4 is 37.6 Å². The maximum absolute atomic E-state index is 12.5. The van der Waals surface area contributed by atoms with Gasteiger partial charge in [-0.1, -0.05) is 43.3 Å². The van der Waals surface area contributed by atoms with Crippen LogP contribution in [0.1, 0.15) is 27.2 Å². The van der Waals surface area contributed by atoms with Gasteiger partial charge in [0.2, 0.25) is 0 Å². The van der Waals surface area contributed by atoms with Crippen molar-refractivity contribution in [2.24, 2.45) is 5.41 Å². The predicted octanol–water partition coefficient (Wildman–Crippen LogP) is 4.24. The van der Waals surface area contributed by atoms with Gasteiger partial charge >= 0.3 is 5.97 Å². The Kier molecular flexibility index (Phi) is 4.50. The first-order chi connectivity index (χ1) is 12.1. The largest absolute Gasteiger partial charge is 0.744 e. The topological polar surface area (TPSA) is 83.5 Å². The highest BCUT2D eigenvalue weighted by atomic mass is 32.2. The molecule has 0 amide bonds. The molecule has 26 heavy (non-hydrogen) atoms. The molecule has 136 valence electrons. The molecule has 0 saturated carbocycles. The Morgan fingerprint density at radius 3 is 2.19 bits per heavy atom. The fourth-order valence-electron chi connectivity index (χ4n) is 2.75. The number of carbonyl (C=O) groups excluding carboxylic acids is 1. The molecule has 0 saturated heterocycles. The van der Waals surface area contributed by atoms with Crippen LogP contribution in [0.15, 0.2) is 53.4 Å². The molecule has 0 aliphatic rings. The fourth-order valence-corrected chi connectivity index (χ4v) is 3.44. The second-order valence-electron chi connectivity index (χ2n) is 6.85.